The Labute approximate surface area is 148 Å². The number of aromatic nitrogens is 5. The van der Waals surface area contributed by atoms with E-state index in [1.54, 1.807) is 19.1 Å². The van der Waals surface area contributed by atoms with Gasteiger partial charge in [-0.05, 0) is 35.5 Å². The zero-order valence-corrected chi connectivity index (χ0v) is 13.8. The number of amides is 1. The SMILES string of the molecule is Cc1onc(-c2ccccc2)c1C(=O)Nc1cccc(-n2cnnn2)c1. The fourth-order valence-corrected chi connectivity index (χ4v) is 2.63. The summed E-state index contributed by atoms with van der Waals surface area (Å²) in [6.45, 7) is 1.71. The molecule has 0 aliphatic carbocycles. The third kappa shape index (κ3) is 2.95. The predicted octanol–water partition coefficient (Wildman–Crippen LogP) is 2.88. The molecule has 0 unspecified atom stereocenters. The van der Waals surface area contributed by atoms with Crippen molar-refractivity contribution in [3.63, 3.8) is 0 Å². The summed E-state index contributed by atoms with van der Waals surface area (Å²) in [6.07, 6.45) is 1.48. The van der Waals surface area contributed by atoms with E-state index in [2.05, 4.69) is 26.0 Å². The molecule has 0 aliphatic heterocycles. The highest BCUT2D eigenvalue weighted by molar-refractivity contribution is 6.08. The first-order valence-electron chi connectivity index (χ1n) is 7.89. The van der Waals surface area contributed by atoms with Crippen LogP contribution < -0.4 is 5.32 Å². The van der Waals surface area contributed by atoms with E-state index in [1.807, 2.05) is 42.5 Å². The highest BCUT2D eigenvalue weighted by atomic mass is 16.5. The van der Waals surface area contributed by atoms with Crippen molar-refractivity contribution in [1.29, 1.82) is 0 Å². The molecule has 0 saturated heterocycles. The molecule has 4 rings (SSSR count). The van der Waals surface area contributed by atoms with Gasteiger partial charge in [-0.1, -0.05) is 41.6 Å². The molecular formula is C18H14N6O2. The third-order valence-corrected chi connectivity index (χ3v) is 3.85. The number of carbonyl (C=O) groups is 1. The van der Waals surface area contributed by atoms with Gasteiger partial charge in [-0.15, -0.1) is 5.10 Å². The third-order valence-electron chi connectivity index (χ3n) is 3.85. The summed E-state index contributed by atoms with van der Waals surface area (Å²) in [7, 11) is 0. The number of hydrogen-bond acceptors (Lipinski definition) is 6. The molecule has 8 heteroatoms. The predicted molar refractivity (Wildman–Crippen MR) is 93.8 cm³/mol. The lowest BCUT2D eigenvalue weighted by Crippen LogP contribution is -2.13. The average molecular weight is 346 g/mol. The zero-order chi connectivity index (χ0) is 17.9. The quantitative estimate of drug-likeness (QED) is 0.610. The number of tetrazole rings is 1. The van der Waals surface area contributed by atoms with Crippen LogP contribution in [0.3, 0.4) is 0 Å². The first-order valence-corrected chi connectivity index (χ1v) is 7.89. The van der Waals surface area contributed by atoms with E-state index in [0.717, 1.165) is 11.3 Å². The number of rotatable bonds is 4. The first-order chi connectivity index (χ1) is 12.7. The summed E-state index contributed by atoms with van der Waals surface area (Å²) >= 11 is 0. The minimum atomic E-state index is -0.295. The minimum Gasteiger partial charge on any atom is -0.360 e. The first kappa shape index (κ1) is 15.7. The Hall–Kier alpha value is -3.81. The van der Waals surface area contributed by atoms with Crippen molar-refractivity contribution >= 4 is 11.6 Å². The van der Waals surface area contributed by atoms with E-state index in [-0.39, 0.29) is 5.91 Å². The Kier molecular flexibility index (Phi) is 3.98. The molecule has 2 heterocycles. The summed E-state index contributed by atoms with van der Waals surface area (Å²) in [5.41, 5.74) is 3.08. The van der Waals surface area contributed by atoms with Crippen LogP contribution >= 0.6 is 0 Å². The summed E-state index contributed by atoms with van der Waals surface area (Å²) < 4.78 is 6.76. The Morgan fingerprint density at radius 2 is 1.96 bits per heavy atom. The molecule has 0 saturated carbocycles. The summed E-state index contributed by atoms with van der Waals surface area (Å²) in [6, 6.07) is 16.7. The second-order valence-corrected chi connectivity index (χ2v) is 5.59. The molecule has 0 atom stereocenters. The smallest absolute Gasteiger partial charge is 0.261 e. The number of hydrogen-bond donors (Lipinski definition) is 1. The Balaban J connectivity index is 1.64. The van der Waals surface area contributed by atoms with Crippen LogP contribution in [0.25, 0.3) is 16.9 Å². The van der Waals surface area contributed by atoms with Gasteiger partial charge in [-0.25, -0.2) is 4.68 Å². The van der Waals surface area contributed by atoms with Crippen LogP contribution in [0.2, 0.25) is 0 Å². The van der Waals surface area contributed by atoms with Gasteiger partial charge in [0.05, 0.1) is 5.69 Å². The van der Waals surface area contributed by atoms with Crippen LogP contribution in [-0.2, 0) is 0 Å². The monoisotopic (exact) mass is 346 g/mol. The van der Waals surface area contributed by atoms with Gasteiger partial charge >= 0.3 is 0 Å². The standard InChI is InChI=1S/C18H14N6O2/c1-12-16(17(21-26-12)13-6-3-2-4-7-13)18(25)20-14-8-5-9-15(10-14)24-11-19-22-23-24/h2-11H,1H3,(H,20,25). The molecule has 2 aromatic heterocycles. The Morgan fingerprint density at radius 1 is 1.12 bits per heavy atom. The molecule has 1 N–H and O–H groups in total. The van der Waals surface area contributed by atoms with Gasteiger partial charge in [0.15, 0.2) is 0 Å². The van der Waals surface area contributed by atoms with Crippen molar-refractivity contribution in [3.8, 4) is 16.9 Å². The maximum absolute atomic E-state index is 12.8. The molecular weight excluding hydrogens is 332 g/mol. The van der Waals surface area contributed by atoms with Gasteiger partial charge in [0.2, 0.25) is 0 Å². The number of carbonyl (C=O) groups excluding carboxylic acids is 1. The normalized spacial score (nSPS) is 10.7. The minimum absolute atomic E-state index is 0.295. The number of anilines is 1. The van der Waals surface area contributed by atoms with E-state index in [9.17, 15) is 4.79 Å². The van der Waals surface area contributed by atoms with E-state index in [1.165, 1.54) is 11.0 Å². The van der Waals surface area contributed by atoms with E-state index in [4.69, 9.17) is 4.52 Å². The summed E-state index contributed by atoms with van der Waals surface area (Å²) in [4.78, 5) is 12.8. The molecule has 0 radical (unpaired) electrons. The fourth-order valence-electron chi connectivity index (χ4n) is 2.63. The van der Waals surface area contributed by atoms with Gasteiger partial charge in [-0.2, -0.15) is 0 Å². The second kappa shape index (κ2) is 6.60. The van der Waals surface area contributed by atoms with Crippen molar-refractivity contribution in [1.82, 2.24) is 25.4 Å². The van der Waals surface area contributed by atoms with Crippen molar-refractivity contribution in [2.24, 2.45) is 0 Å². The Bertz CT molecular complexity index is 1040. The van der Waals surface area contributed by atoms with Crippen molar-refractivity contribution in [2.45, 2.75) is 6.92 Å². The van der Waals surface area contributed by atoms with E-state index in [0.29, 0.717) is 22.7 Å². The van der Waals surface area contributed by atoms with Gasteiger partial charge < -0.3 is 9.84 Å². The average Bonchev–Trinajstić information content (AvgIpc) is 3.32. The molecule has 1 amide bonds. The van der Waals surface area contributed by atoms with Gasteiger partial charge in [0, 0.05) is 11.3 Å². The van der Waals surface area contributed by atoms with E-state index < -0.39 is 0 Å². The highest BCUT2D eigenvalue weighted by Gasteiger charge is 2.21. The van der Waals surface area contributed by atoms with Crippen LogP contribution in [-0.4, -0.2) is 31.3 Å². The lowest BCUT2D eigenvalue weighted by molar-refractivity contribution is 0.102. The lowest BCUT2D eigenvalue weighted by atomic mass is 10.1. The number of nitrogens with one attached hydrogen (secondary N) is 1. The molecule has 0 fully saturated rings. The summed E-state index contributed by atoms with van der Waals surface area (Å²) in [5, 5.41) is 18.0. The van der Waals surface area contributed by atoms with Crippen molar-refractivity contribution in [2.75, 3.05) is 5.32 Å². The number of aryl methyl sites for hydroxylation is 1. The molecule has 128 valence electrons. The molecule has 0 bridgehead atoms. The molecule has 8 nitrogen and oxygen atoms in total. The topological polar surface area (TPSA) is 98.7 Å². The molecule has 0 aliphatic rings. The Morgan fingerprint density at radius 3 is 2.73 bits per heavy atom. The highest BCUT2D eigenvalue weighted by Crippen LogP contribution is 2.26. The summed E-state index contributed by atoms with van der Waals surface area (Å²) in [5.74, 6) is 0.162. The van der Waals surface area contributed by atoms with E-state index >= 15 is 0 Å². The second-order valence-electron chi connectivity index (χ2n) is 5.59. The molecule has 4 aromatic rings. The van der Waals surface area contributed by atoms with Crippen molar-refractivity contribution in [3.05, 3.63) is 72.2 Å². The zero-order valence-electron chi connectivity index (χ0n) is 13.8. The van der Waals surface area contributed by atoms with Crippen LogP contribution in [0.4, 0.5) is 5.69 Å². The number of benzene rings is 2. The lowest BCUT2D eigenvalue weighted by Gasteiger charge is -2.07. The maximum atomic E-state index is 12.8. The number of nitrogens with zero attached hydrogens (tertiary/aromatic N) is 5. The molecule has 26 heavy (non-hydrogen) atoms. The van der Waals surface area contributed by atoms with Crippen LogP contribution in [0.1, 0.15) is 16.1 Å². The molecule has 0 spiro atoms. The van der Waals surface area contributed by atoms with Crippen LogP contribution in [0, 0.1) is 6.92 Å². The largest absolute Gasteiger partial charge is 0.360 e. The van der Waals surface area contributed by atoms with Crippen molar-refractivity contribution < 1.29 is 9.32 Å². The van der Waals surface area contributed by atoms with Gasteiger partial charge in [0.25, 0.3) is 5.91 Å². The fraction of sp³-hybridized carbons (Fsp3) is 0.0556. The molecule has 2 aromatic carbocycles. The van der Waals surface area contributed by atoms with Crippen LogP contribution in [0.5, 0.6) is 0 Å². The maximum Gasteiger partial charge on any atom is 0.261 e. The van der Waals surface area contributed by atoms with Gasteiger partial charge in [-0.3, -0.25) is 4.79 Å². The van der Waals surface area contributed by atoms with Gasteiger partial charge in [0.1, 0.15) is 23.3 Å². The van der Waals surface area contributed by atoms with Crippen LogP contribution in [0.15, 0.2) is 65.4 Å².